The van der Waals surface area contributed by atoms with Gasteiger partial charge in [0, 0.05) is 25.9 Å². The van der Waals surface area contributed by atoms with Crippen LogP contribution in [0.3, 0.4) is 0 Å². The number of alkyl halides is 3. The van der Waals surface area contributed by atoms with E-state index in [1.165, 1.54) is 6.20 Å². The maximum Gasteiger partial charge on any atom is 0.433 e. The first-order chi connectivity index (χ1) is 10.0. The fraction of sp³-hybridized carbons (Fsp3) is 0.714. The first-order valence-corrected chi connectivity index (χ1v) is 7.31. The van der Waals surface area contributed by atoms with Crippen LogP contribution < -0.4 is 4.90 Å². The highest BCUT2D eigenvalue weighted by Crippen LogP contribution is 2.31. The number of hydrogen-bond donors (Lipinski definition) is 0. The van der Waals surface area contributed by atoms with Crippen molar-refractivity contribution in [3.05, 3.63) is 18.0 Å². The Kier molecular flexibility index (Phi) is 4.01. The number of ether oxygens (including phenoxy) is 1. The molecule has 3 heterocycles. The van der Waals surface area contributed by atoms with Gasteiger partial charge in [-0.1, -0.05) is 0 Å². The Morgan fingerprint density at radius 3 is 2.57 bits per heavy atom. The Balaban J connectivity index is 1.64. The molecule has 0 aromatic carbocycles. The fourth-order valence-electron chi connectivity index (χ4n) is 3.10. The molecule has 2 aliphatic heterocycles. The number of nitrogens with zero attached hydrogens (tertiary/aromatic N) is 3. The molecule has 0 amide bonds. The molecule has 3 rings (SSSR count). The molecule has 21 heavy (non-hydrogen) atoms. The highest BCUT2D eigenvalue weighted by molar-refractivity contribution is 5.31. The van der Waals surface area contributed by atoms with E-state index in [1.807, 2.05) is 4.90 Å². The third kappa shape index (κ3) is 3.28. The van der Waals surface area contributed by atoms with Gasteiger partial charge in [-0.25, -0.2) is 9.97 Å². The zero-order valence-electron chi connectivity index (χ0n) is 11.6. The highest BCUT2D eigenvalue weighted by Gasteiger charge is 2.34. The molecule has 0 spiro atoms. The summed E-state index contributed by atoms with van der Waals surface area (Å²) in [5.74, 6) is 0.685. The molecule has 2 saturated heterocycles. The fourth-order valence-corrected chi connectivity index (χ4v) is 3.10. The number of hydrogen-bond acceptors (Lipinski definition) is 4. The van der Waals surface area contributed by atoms with Crippen LogP contribution in [0, 0.1) is 5.92 Å². The molecular formula is C14H18F3N3O. The normalized spacial score (nSPS) is 24.5. The zero-order chi connectivity index (χ0) is 14.9. The largest absolute Gasteiger partial charge is 0.433 e. The topological polar surface area (TPSA) is 38.2 Å². The van der Waals surface area contributed by atoms with E-state index in [9.17, 15) is 13.2 Å². The Morgan fingerprint density at radius 1 is 1.19 bits per heavy atom. The smallest absolute Gasteiger partial charge is 0.378 e. The van der Waals surface area contributed by atoms with Crippen LogP contribution in [-0.2, 0) is 10.9 Å². The Labute approximate surface area is 121 Å². The lowest BCUT2D eigenvalue weighted by Gasteiger charge is -2.34. The van der Waals surface area contributed by atoms with Gasteiger partial charge in [-0.05, 0) is 37.7 Å². The Bertz CT molecular complexity index is 481. The standard InChI is InChI=1S/C14H18F3N3O/c15-14(16,17)12-3-6-18-13(19-12)20-7-4-10(5-8-20)11-2-1-9-21-11/h3,6,10-11H,1-2,4-5,7-9H2. The minimum absolute atomic E-state index is 0.176. The zero-order valence-corrected chi connectivity index (χ0v) is 11.6. The quantitative estimate of drug-likeness (QED) is 0.842. The van der Waals surface area contributed by atoms with Crippen molar-refractivity contribution in [2.75, 3.05) is 24.6 Å². The molecule has 2 fully saturated rings. The van der Waals surface area contributed by atoms with Crippen molar-refractivity contribution < 1.29 is 17.9 Å². The van der Waals surface area contributed by atoms with Gasteiger partial charge in [0.1, 0.15) is 5.69 Å². The predicted molar refractivity (Wildman–Crippen MR) is 70.9 cm³/mol. The van der Waals surface area contributed by atoms with Crippen LogP contribution in [0.15, 0.2) is 12.3 Å². The monoisotopic (exact) mass is 301 g/mol. The van der Waals surface area contributed by atoms with E-state index >= 15 is 0 Å². The molecule has 0 N–H and O–H groups in total. The van der Waals surface area contributed by atoms with Crippen molar-refractivity contribution in [1.29, 1.82) is 0 Å². The van der Waals surface area contributed by atoms with E-state index in [0.29, 0.717) is 25.1 Å². The summed E-state index contributed by atoms with van der Waals surface area (Å²) in [6.45, 7) is 2.21. The number of rotatable bonds is 2. The van der Waals surface area contributed by atoms with Gasteiger partial charge in [-0.3, -0.25) is 0 Å². The van der Waals surface area contributed by atoms with Crippen molar-refractivity contribution in [3.8, 4) is 0 Å². The molecular weight excluding hydrogens is 283 g/mol. The second kappa shape index (κ2) is 5.79. The first kappa shape index (κ1) is 14.6. The minimum atomic E-state index is -4.42. The van der Waals surface area contributed by atoms with Crippen molar-refractivity contribution in [2.45, 2.75) is 38.0 Å². The maximum atomic E-state index is 12.7. The maximum absolute atomic E-state index is 12.7. The van der Waals surface area contributed by atoms with Gasteiger partial charge in [-0.2, -0.15) is 13.2 Å². The van der Waals surface area contributed by atoms with Crippen LogP contribution in [0.1, 0.15) is 31.4 Å². The van der Waals surface area contributed by atoms with Crippen molar-refractivity contribution >= 4 is 5.95 Å². The van der Waals surface area contributed by atoms with Crippen LogP contribution in [0.5, 0.6) is 0 Å². The SMILES string of the molecule is FC(F)(F)c1ccnc(N2CCC(C3CCCO3)CC2)n1. The Hall–Kier alpha value is -1.37. The molecule has 2 aliphatic rings. The van der Waals surface area contributed by atoms with Crippen molar-refractivity contribution in [3.63, 3.8) is 0 Å². The first-order valence-electron chi connectivity index (χ1n) is 7.31. The van der Waals surface area contributed by atoms with Crippen LogP contribution in [0.4, 0.5) is 19.1 Å². The van der Waals surface area contributed by atoms with Gasteiger partial charge in [0.05, 0.1) is 6.10 Å². The van der Waals surface area contributed by atoms with Crippen molar-refractivity contribution in [1.82, 2.24) is 9.97 Å². The average Bonchev–Trinajstić information content (AvgIpc) is 3.01. The molecule has 0 radical (unpaired) electrons. The molecule has 0 bridgehead atoms. The molecule has 0 saturated carbocycles. The second-order valence-corrected chi connectivity index (χ2v) is 5.62. The molecule has 1 atom stereocenters. The van der Waals surface area contributed by atoms with E-state index in [1.54, 1.807) is 0 Å². The lowest BCUT2D eigenvalue weighted by Crippen LogP contribution is -2.38. The highest BCUT2D eigenvalue weighted by atomic mass is 19.4. The number of anilines is 1. The average molecular weight is 301 g/mol. The van der Waals surface area contributed by atoms with Gasteiger partial charge < -0.3 is 9.64 Å². The molecule has 116 valence electrons. The summed E-state index contributed by atoms with van der Waals surface area (Å²) in [5, 5.41) is 0. The summed E-state index contributed by atoms with van der Waals surface area (Å²) in [5.41, 5.74) is -0.881. The number of aromatic nitrogens is 2. The third-order valence-electron chi connectivity index (χ3n) is 4.25. The van der Waals surface area contributed by atoms with Crippen LogP contribution in [0.25, 0.3) is 0 Å². The number of piperidine rings is 1. The van der Waals surface area contributed by atoms with E-state index < -0.39 is 11.9 Å². The molecule has 1 aromatic heterocycles. The van der Waals surface area contributed by atoms with Crippen molar-refractivity contribution in [2.24, 2.45) is 5.92 Å². The Morgan fingerprint density at radius 2 is 1.95 bits per heavy atom. The summed E-state index contributed by atoms with van der Waals surface area (Å²) in [6, 6.07) is 0.905. The number of halogens is 3. The summed E-state index contributed by atoms with van der Waals surface area (Å²) < 4.78 is 43.7. The summed E-state index contributed by atoms with van der Waals surface area (Å²) >= 11 is 0. The van der Waals surface area contributed by atoms with E-state index in [4.69, 9.17) is 4.74 Å². The molecule has 1 unspecified atom stereocenters. The van der Waals surface area contributed by atoms with Crippen LogP contribution in [-0.4, -0.2) is 35.8 Å². The molecule has 0 aliphatic carbocycles. The summed E-state index contributed by atoms with van der Waals surface area (Å²) in [7, 11) is 0. The van der Waals surface area contributed by atoms with Gasteiger partial charge >= 0.3 is 6.18 Å². The van der Waals surface area contributed by atoms with Gasteiger partial charge in [0.2, 0.25) is 5.95 Å². The lowest BCUT2D eigenvalue weighted by molar-refractivity contribution is -0.141. The summed E-state index contributed by atoms with van der Waals surface area (Å²) in [6.07, 6.45) is 1.14. The third-order valence-corrected chi connectivity index (χ3v) is 4.25. The van der Waals surface area contributed by atoms with Crippen LogP contribution >= 0.6 is 0 Å². The van der Waals surface area contributed by atoms with Crippen LogP contribution in [0.2, 0.25) is 0 Å². The van der Waals surface area contributed by atoms with E-state index in [2.05, 4.69) is 9.97 Å². The van der Waals surface area contributed by atoms with E-state index in [-0.39, 0.29) is 5.95 Å². The molecule has 1 aromatic rings. The van der Waals surface area contributed by atoms with E-state index in [0.717, 1.165) is 38.4 Å². The molecule has 7 heteroatoms. The van der Waals surface area contributed by atoms with Gasteiger partial charge in [0.15, 0.2) is 0 Å². The van der Waals surface area contributed by atoms with Gasteiger partial charge in [0.25, 0.3) is 0 Å². The predicted octanol–water partition coefficient (Wildman–Crippen LogP) is 2.89. The molecule has 4 nitrogen and oxygen atoms in total. The summed E-state index contributed by atoms with van der Waals surface area (Å²) in [4.78, 5) is 9.47. The minimum Gasteiger partial charge on any atom is -0.378 e. The lowest BCUT2D eigenvalue weighted by atomic mass is 9.90. The van der Waals surface area contributed by atoms with Gasteiger partial charge in [-0.15, -0.1) is 0 Å². The second-order valence-electron chi connectivity index (χ2n) is 5.62.